The molecule has 3 N–H and O–H groups in total. The summed E-state index contributed by atoms with van der Waals surface area (Å²) in [7, 11) is -2.58. The molecule has 1 aromatic carbocycles. The van der Waals surface area contributed by atoms with Crippen LogP contribution in [0.3, 0.4) is 0 Å². The van der Waals surface area contributed by atoms with Gasteiger partial charge in [-0.2, -0.15) is 0 Å². The number of anilines is 2. The maximum atomic E-state index is 10.1. The van der Waals surface area contributed by atoms with E-state index in [2.05, 4.69) is 4.72 Å². The van der Waals surface area contributed by atoms with Crippen LogP contribution in [-0.4, -0.2) is 8.42 Å². The third-order valence-electron chi connectivity index (χ3n) is 1.13. The van der Waals surface area contributed by atoms with Gasteiger partial charge in [0, 0.05) is 11.4 Å². The molecule has 0 saturated carbocycles. The van der Waals surface area contributed by atoms with Crippen molar-refractivity contribution in [3.05, 3.63) is 24.3 Å². The van der Waals surface area contributed by atoms with Crippen LogP contribution < -0.4 is 10.5 Å². The zero-order valence-corrected chi connectivity index (χ0v) is 6.54. The maximum Gasteiger partial charge on any atom is 0.222 e. The molecule has 0 saturated heterocycles. The average molecular weight is 172 g/mol. The number of nitrogens with one attached hydrogen (secondary N) is 1. The third-order valence-corrected chi connectivity index (χ3v) is 1.57. The fourth-order valence-corrected chi connectivity index (χ4v) is 1.02. The molecule has 0 spiro atoms. The van der Waals surface area contributed by atoms with E-state index in [1.807, 2.05) is 0 Å². The number of nitrogens with two attached hydrogens (primary N) is 1. The summed E-state index contributed by atoms with van der Waals surface area (Å²) in [5.74, 6) is 0. The Labute approximate surface area is 66.1 Å². The highest BCUT2D eigenvalue weighted by atomic mass is 32.2. The van der Waals surface area contributed by atoms with Gasteiger partial charge in [0.05, 0.1) is 0 Å². The van der Waals surface area contributed by atoms with Gasteiger partial charge < -0.3 is 5.73 Å². The molecule has 0 aromatic heterocycles. The van der Waals surface area contributed by atoms with Crippen LogP contribution in [0, 0.1) is 0 Å². The first kappa shape index (κ1) is 7.87. The van der Waals surface area contributed by atoms with Gasteiger partial charge in [-0.1, -0.05) is 0 Å². The lowest BCUT2D eigenvalue weighted by atomic mass is 10.3. The van der Waals surface area contributed by atoms with Gasteiger partial charge in [-0.3, -0.25) is 4.72 Å². The predicted octanol–water partition coefficient (Wildman–Crippen LogP) is 0.207. The van der Waals surface area contributed by atoms with Gasteiger partial charge in [0.15, 0.2) is 0 Å². The Bertz CT molecular complexity index is 297. The molecule has 0 unspecified atom stereocenters. The Hall–Kier alpha value is -1.23. The van der Waals surface area contributed by atoms with Gasteiger partial charge in [0.2, 0.25) is 10.9 Å². The van der Waals surface area contributed by atoms with Crippen LogP contribution in [0.5, 0.6) is 0 Å². The second-order valence-electron chi connectivity index (χ2n) is 1.99. The van der Waals surface area contributed by atoms with Crippen LogP contribution in [0.4, 0.5) is 11.4 Å². The van der Waals surface area contributed by atoms with E-state index in [-0.39, 0.29) is 0 Å². The van der Waals surface area contributed by atoms with E-state index in [0.29, 0.717) is 11.4 Å². The second kappa shape index (κ2) is 3.25. The Kier molecular flexibility index (Phi) is 2.32. The molecule has 11 heavy (non-hydrogen) atoms. The van der Waals surface area contributed by atoms with E-state index < -0.39 is 10.9 Å². The van der Waals surface area contributed by atoms with Crippen molar-refractivity contribution in [2.45, 2.75) is 0 Å². The van der Waals surface area contributed by atoms with E-state index in [4.69, 9.17) is 5.73 Å². The molecule has 0 fully saturated rings. The molecular formula is C6H8N2O2S. The molecule has 0 radical (unpaired) electrons. The zero-order valence-electron chi connectivity index (χ0n) is 5.65. The number of hydrogen-bond donors (Lipinski definition) is 3. The SMILES string of the molecule is Nc1ccc(N[SH](=O)=O)cc1. The van der Waals surface area contributed by atoms with Crippen molar-refractivity contribution in [2.75, 3.05) is 10.5 Å². The summed E-state index contributed by atoms with van der Waals surface area (Å²) in [4.78, 5) is 0. The summed E-state index contributed by atoms with van der Waals surface area (Å²) >= 11 is 0. The van der Waals surface area contributed by atoms with Crippen molar-refractivity contribution < 1.29 is 8.42 Å². The van der Waals surface area contributed by atoms with Crippen molar-refractivity contribution >= 4 is 22.3 Å². The monoisotopic (exact) mass is 172 g/mol. The lowest BCUT2D eigenvalue weighted by Gasteiger charge is -1.97. The normalized spacial score (nSPS) is 9.91. The van der Waals surface area contributed by atoms with E-state index in [1.165, 1.54) is 0 Å². The number of hydrogen-bond acceptors (Lipinski definition) is 3. The van der Waals surface area contributed by atoms with Crippen LogP contribution in [0.15, 0.2) is 24.3 Å². The molecular weight excluding hydrogens is 164 g/mol. The van der Waals surface area contributed by atoms with Crippen LogP contribution in [0.1, 0.15) is 0 Å². The molecule has 0 heterocycles. The Morgan fingerprint density at radius 3 is 2.18 bits per heavy atom. The van der Waals surface area contributed by atoms with E-state index in [0.717, 1.165) is 0 Å². The quantitative estimate of drug-likeness (QED) is 0.441. The van der Waals surface area contributed by atoms with Crippen LogP contribution in [0.2, 0.25) is 0 Å². The van der Waals surface area contributed by atoms with E-state index in [1.54, 1.807) is 24.3 Å². The van der Waals surface area contributed by atoms with E-state index in [9.17, 15) is 8.42 Å². The first-order valence-corrected chi connectivity index (χ1v) is 4.13. The third kappa shape index (κ3) is 2.46. The molecule has 0 bridgehead atoms. The number of rotatable bonds is 2. The minimum absolute atomic E-state index is 0.523. The van der Waals surface area contributed by atoms with Crippen molar-refractivity contribution in [3.8, 4) is 0 Å². The molecule has 0 amide bonds. The fourth-order valence-electron chi connectivity index (χ4n) is 0.663. The van der Waals surface area contributed by atoms with Gasteiger partial charge in [0.1, 0.15) is 0 Å². The first-order valence-electron chi connectivity index (χ1n) is 2.95. The van der Waals surface area contributed by atoms with Crippen LogP contribution in [-0.2, 0) is 10.9 Å². The lowest BCUT2D eigenvalue weighted by Crippen LogP contribution is -1.94. The Morgan fingerprint density at radius 2 is 1.73 bits per heavy atom. The van der Waals surface area contributed by atoms with Crippen molar-refractivity contribution in [2.24, 2.45) is 0 Å². The summed E-state index contributed by atoms with van der Waals surface area (Å²) < 4.78 is 22.5. The number of thiol groups is 1. The number of nitrogen functional groups attached to an aromatic ring is 1. The van der Waals surface area contributed by atoms with Crippen molar-refractivity contribution in [3.63, 3.8) is 0 Å². The highest BCUT2D eigenvalue weighted by Crippen LogP contribution is 2.09. The smallest absolute Gasteiger partial charge is 0.222 e. The summed E-state index contributed by atoms with van der Waals surface area (Å²) in [5, 5.41) is 0. The summed E-state index contributed by atoms with van der Waals surface area (Å²) in [6.45, 7) is 0. The Morgan fingerprint density at radius 1 is 1.18 bits per heavy atom. The maximum absolute atomic E-state index is 10.1. The number of benzene rings is 1. The van der Waals surface area contributed by atoms with E-state index >= 15 is 0 Å². The highest BCUT2D eigenvalue weighted by Gasteiger charge is 1.89. The fraction of sp³-hybridized carbons (Fsp3) is 0. The summed E-state index contributed by atoms with van der Waals surface area (Å²) in [6, 6.07) is 6.45. The largest absolute Gasteiger partial charge is 0.399 e. The van der Waals surface area contributed by atoms with Crippen molar-refractivity contribution in [1.29, 1.82) is 0 Å². The van der Waals surface area contributed by atoms with Gasteiger partial charge in [-0.05, 0) is 24.3 Å². The van der Waals surface area contributed by atoms with Crippen LogP contribution >= 0.6 is 0 Å². The minimum atomic E-state index is -2.58. The predicted molar refractivity (Wildman–Crippen MR) is 44.8 cm³/mol. The van der Waals surface area contributed by atoms with Gasteiger partial charge in [-0.15, -0.1) is 0 Å². The van der Waals surface area contributed by atoms with Gasteiger partial charge in [0.25, 0.3) is 0 Å². The Balaban J connectivity index is 2.82. The van der Waals surface area contributed by atoms with Crippen LogP contribution in [0.25, 0.3) is 0 Å². The average Bonchev–Trinajstić information content (AvgIpc) is 1.93. The minimum Gasteiger partial charge on any atom is -0.399 e. The molecule has 60 valence electrons. The second-order valence-corrected chi connectivity index (χ2v) is 2.73. The molecule has 1 aromatic rings. The molecule has 0 aliphatic carbocycles. The van der Waals surface area contributed by atoms with Crippen molar-refractivity contribution in [1.82, 2.24) is 0 Å². The highest BCUT2D eigenvalue weighted by molar-refractivity contribution is 7.73. The van der Waals surface area contributed by atoms with Gasteiger partial charge in [-0.25, -0.2) is 8.42 Å². The zero-order chi connectivity index (χ0) is 8.27. The molecule has 0 atom stereocenters. The molecule has 0 aliphatic heterocycles. The molecule has 4 nitrogen and oxygen atoms in total. The molecule has 0 aliphatic rings. The summed E-state index contributed by atoms with van der Waals surface area (Å²) in [5.41, 5.74) is 6.51. The standard InChI is InChI=1S/C6H8N2O2S/c7-5-1-3-6(4-2-5)8-11(9)10/h1-4,11H,7H2,(H,8,9,10). The molecule has 1 rings (SSSR count). The van der Waals surface area contributed by atoms with Gasteiger partial charge >= 0.3 is 0 Å². The molecule has 5 heteroatoms. The summed E-state index contributed by atoms with van der Waals surface area (Å²) in [6.07, 6.45) is 0. The first-order chi connectivity index (χ1) is 5.18. The lowest BCUT2D eigenvalue weighted by molar-refractivity contribution is 0.619. The topological polar surface area (TPSA) is 72.2 Å².